The average molecular weight is 452 g/mol. The second kappa shape index (κ2) is 8.11. The van der Waals surface area contributed by atoms with Gasteiger partial charge in [0.15, 0.2) is 0 Å². The third-order valence-corrected chi connectivity index (χ3v) is 8.06. The molecule has 7 nitrogen and oxygen atoms in total. The van der Waals surface area contributed by atoms with E-state index in [0.717, 1.165) is 42.9 Å². The molecule has 5 rings (SSSR count). The zero-order valence-corrected chi connectivity index (χ0v) is 18.6. The highest BCUT2D eigenvalue weighted by Gasteiger charge is 2.40. The first kappa shape index (κ1) is 20.8. The third kappa shape index (κ3) is 3.49. The highest BCUT2D eigenvalue weighted by Crippen LogP contribution is 2.43. The van der Waals surface area contributed by atoms with Gasteiger partial charge in [0.2, 0.25) is 5.91 Å². The van der Waals surface area contributed by atoms with Crippen molar-refractivity contribution >= 4 is 38.1 Å². The van der Waals surface area contributed by atoms with Gasteiger partial charge in [-0.3, -0.25) is 9.10 Å². The molecule has 2 aliphatic rings. The van der Waals surface area contributed by atoms with Crippen molar-refractivity contribution in [3.05, 3.63) is 66.2 Å². The lowest BCUT2D eigenvalue weighted by Gasteiger charge is -2.29. The average Bonchev–Trinajstić information content (AvgIpc) is 3.06. The second-order valence-corrected chi connectivity index (χ2v) is 9.88. The number of hydrogen-bond donors (Lipinski definition) is 1. The predicted octanol–water partition coefficient (Wildman–Crippen LogP) is 2.89. The Morgan fingerprint density at radius 1 is 1.03 bits per heavy atom. The molecule has 0 bridgehead atoms. The Bertz CT molecular complexity index is 1260. The van der Waals surface area contributed by atoms with Crippen LogP contribution in [0.4, 0.5) is 11.4 Å². The first-order valence-electron chi connectivity index (χ1n) is 10.7. The fourth-order valence-electron chi connectivity index (χ4n) is 4.43. The molecule has 1 N–H and O–H groups in total. The van der Waals surface area contributed by atoms with Gasteiger partial charge in [0.05, 0.1) is 23.8 Å². The predicted molar refractivity (Wildman–Crippen MR) is 124 cm³/mol. The summed E-state index contributed by atoms with van der Waals surface area (Å²) in [6, 6.07) is 17.8. The summed E-state index contributed by atoms with van der Waals surface area (Å²) in [4.78, 5) is 15.5. The Hall–Kier alpha value is -3.10. The fourth-order valence-corrected chi connectivity index (χ4v) is 6.29. The Balaban J connectivity index is 1.30. The third-order valence-electron chi connectivity index (χ3n) is 6.13. The van der Waals surface area contributed by atoms with Crippen LogP contribution >= 0.6 is 0 Å². The number of hydrogen-bond acceptors (Lipinski definition) is 5. The lowest BCUT2D eigenvalue weighted by Crippen LogP contribution is -2.46. The first-order valence-corrected chi connectivity index (χ1v) is 12.2. The fraction of sp³-hybridized carbons (Fsp3) is 0.292. The molecule has 1 unspecified atom stereocenters. The lowest BCUT2D eigenvalue weighted by atomic mass is 10.1. The molecule has 2 heterocycles. The lowest BCUT2D eigenvalue weighted by molar-refractivity contribution is -0.122. The van der Waals surface area contributed by atoms with Crippen LogP contribution in [0.25, 0.3) is 10.8 Å². The Morgan fingerprint density at radius 2 is 1.72 bits per heavy atom. The smallest absolute Gasteiger partial charge is 0.265 e. The van der Waals surface area contributed by atoms with E-state index in [-0.39, 0.29) is 10.8 Å². The molecule has 0 saturated carbocycles. The summed E-state index contributed by atoms with van der Waals surface area (Å²) in [7, 11) is -3.79. The number of carbonyl (C=O) groups excluding carboxylic acids is 1. The molecule has 1 amide bonds. The van der Waals surface area contributed by atoms with Crippen molar-refractivity contribution < 1.29 is 17.9 Å². The number of nitrogens with zero attached hydrogens (tertiary/aromatic N) is 2. The molecule has 1 atom stereocenters. The normalized spacial score (nSPS) is 18.0. The summed E-state index contributed by atoms with van der Waals surface area (Å²) in [5.41, 5.74) is 2.64. The van der Waals surface area contributed by atoms with E-state index < -0.39 is 16.1 Å². The van der Waals surface area contributed by atoms with Gasteiger partial charge < -0.3 is 15.0 Å². The van der Waals surface area contributed by atoms with Gasteiger partial charge in [0.25, 0.3) is 10.0 Å². The number of sulfonamides is 1. The second-order valence-electron chi connectivity index (χ2n) is 8.09. The Morgan fingerprint density at radius 3 is 2.44 bits per heavy atom. The van der Waals surface area contributed by atoms with E-state index in [2.05, 4.69) is 10.2 Å². The largest absolute Gasteiger partial charge is 0.378 e. The van der Waals surface area contributed by atoms with Gasteiger partial charge in [-0.1, -0.05) is 36.4 Å². The number of amides is 1. The molecule has 3 aromatic carbocycles. The van der Waals surface area contributed by atoms with E-state index in [1.54, 1.807) is 25.1 Å². The van der Waals surface area contributed by atoms with Crippen molar-refractivity contribution in [3.63, 3.8) is 0 Å². The van der Waals surface area contributed by atoms with Crippen LogP contribution in [0.5, 0.6) is 0 Å². The van der Waals surface area contributed by atoms with Gasteiger partial charge >= 0.3 is 0 Å². The number of carbonyl (C=O) groups is 1. The molecule has 32 heavy (non-hydrogen) atoms. The van der Waals surface area contributed by atoms with Gasteiger partial charge in [0.1, 0.15) is 6.04 Å². The van der Waals surface area contributed by atoms with Gasteiger partial charge in [-0.15, -0.1) is 0 Å². The summed E-state index contributed by atoms with van der Waals surface area (Å²) in [6.07, 6.45) is 0. The molecule has 2 aliphatic heterocycles. The monoisotopic (exact) mass is 451 g/mol. The standard InChI is InChI=1S/C24H25N3O4S/c1-17(27-21-6-2-4-19-5-3-7-22(23(19)21)32(27,29)30)24(28)25-16-18-8-10-20(11-9-18)26-12-14-31-15-13-26/h2-11,17H,12-16H2,1H3,(H,25,28). The molecule has 1 saturated heterocycles. The maximum Gasteiger partial charge on any atom is 0.265 e. The van der Waals surface area contributed by atoms with Crippen LogP contribution in [0.1, 0.15) is 12.5 Å². The maximum absolute atomic E-state index is 13.2. The van der Waals surface area contributed by atoms with E-state index in [4.69, 9.17) is 4.74 Å². The van der Waals surface area contributed by atoms with Crippen LogP contribution in [0, 0.1) is 0 Å². The highest BCUT2D eigenvalue weighted by molar-refractivity contribution is 7.93. The number of nitrogens with one attached hydrogen (secondary N) is 1. The molecular formula is C24H25N3O4S. The summed E-state index contributed by atoms with van der Waals surface area (Å²) in [6.45, 7) is 5.15. The van der Waals surface area contributed by atoms with Crippen molar-refractivity contribution in [2.24, 2.45) is 0 Å². The van der Waals surface area contributed by atoms with Gasteiger partial charge in [-0.25, -0.2) is 8.42 Å². The van der Waals surface area contributed by atoms with E-state index in [1.807, 2.05) is 42.5 Å². The zero-order chi connectivity index (χ0) is 22.3. The summed E-state index contributed by atoms with van der Waals surface area (Å²) in [5.74, 6) is -0.337. The topological polar surface area (TPSA) is 79.0 Å². The van der Waals surface area contributed by atoms with E-state index in [9.17, 15) is 13.2 Å². The van der Waals surface area contributed by atoms with E-state index in [0.29, 0.717) is 17.6 Å². The molecule has 0 spiro atoms. The molecular weight excluding hydrogens is 426 g/mol. The van der Waals surface area contributed by atoms with Gasteiger partial charge in [-0.2, -0.15) is 0 Å². The molecule has 0 aromatic heterocycles. The van der Waals surface area contributed by atoms with E-state index in [1.165, 1.54) is 4.31 Å². The number of morpholine rings is 1. The summed E-state index contributed by atoms with van der Waals surface area (Å²) in [5, 5.41) is 4.41. The van der Waals surface area contributed by atoms with Gasteiger partial charge in [-0.05, 0) is 42.1 Å². The molecule has 166 valence electrons. The zero-order valence-electron chi connectivity index (χ0n) is 17.8. The number of rotatable bonds is 5. The highest BCUT2D eigenvalue weighted by atomic mass is 32.2. The maximum atomic E-state index is 13.2. The SMILES string of the molecule is CC(C(=O)NCc1ccc(N2CCOCC2)cc1)N1c2cccc3cccc(c23)S1(=O)=O. The minimum atomic E-state index is -3.79. The Labute approximate surface area is 187 Å². The minimum absolute atomic E-state index is 0.254. The summed E-state index contributed by atoms with van der Waals surface area (Å²) < 4.78 is 33.0. The number of benzene rings is 3. The number of anilines is 2. The van der Waals surface area contributed by atoms with Crippen LogP contribution in [-0.2, 0) is 26.1 Å². The van der Waals surface area contributed by atoms with Crippen LogP contribution in [-0.4, -0.2) is 46.7 Å². The Kier molecular flexibility index (Phi) is 5.27. The number of ether oxygens (including phenoxy) is 1. The first-order chi connectivity index (χ1) is 15.5. The van der Waals surface area contributed by atoms with Gasteiger partial charge in [0, 0.05) is 30.7 Å². The van der Waals surface area contributed by atoms with Crippen LogP contribution < -0.4 is 14.5 Å². The van der Waals surface area contributed by atoms with Crippen LogP contribution in [0.15, 0.2) is 65.6 Å². The summed E-state index contributed by atoms with van der Waals surface area (Å²) >= 11 is 0. The quantitative estimate of drug-likeness (QED) is 0.645. The van der Waals surface area contributed by atoms with Crippen molar-refractivity contribution in [1.82, 2.24) is 5.32 Å². The van der Waals surface area contributed by atoms with Crippen molar-refractivity contribution in [2.45, 2.75) is 24.4 Å². The van der Waals surface area contributed by atoms with Crippen molar-refractivity contribution in [3.8, 4) is 0 Å². The van der Waals surface area contributed by atoms with Crippen molar-refractivity contribution in [2.75, 3.05) is 35.5 Å². The molecule has 0 radical (unpaired) electrons. The molecule has 8 heteroatoms. The van der Waals surface area contributed by atoms with Crippen LogP contribution in [0.2, 0.25) is 0 Å². The molecule has 1 fully saturated rings. The molecule has 0 aliphatic carbocycles. The van der Waals surface area contributed by atoms with Crippen molar-refractivity contribution in [1.29, 1.82) is 0 Å². The van der Waals surface area contributed by atoms with E-state index >= 15 is 0 Å². The molecule has 3 aromatic rings. The minimum Gasteiger partial charge on any atom is -0.378 e. The van der Waals surface area contributed by atoms with Crippen LogP contribution in [0.3, 0.4) is 0 Å².